The van der Waals surface area contributed by atoms with Gasteiger partial charge in [0.1, 0.15) is 0 Å². The summed E-state index contributed by atoms with van der Waals surface area (Å²) in [5.41, 5.74) is 2.11. The van der Waals surface area contributed by atoms with Gasteiger partial charge >= 0.3 is 5.76 Å². The van der Waals surface area contributed by atoms with Crippen LogP contribution in [-0.4, -0.2) is 23.6 Å². The van der Waals surface area contributed by atoms with E-state index in [1.165, 1.54) is 0 Å². The van der Waals surface area contributed by atoms with Gasteiger partial charge in [-0.05, 0) is 42.9 Å². The van der Waals surface area contributed by atoms with Crippen LogP contribution in [0.25, 0.3) is 11.1 Å². The van der Waals surface area contributed by atoms with E-state index >= 15 is 0 Å². The maximum atomic E-state index is 12.3. The van der Waals surface area contributed by atoms with Crippen LogP contribution in [0.15, 0.2) is 27.4 Å². The number of fused-ring (bicyclic) bond motifs is 1. The van der Waals surface area contributed by atoms with Gasteiger partial charge in [0.25, 0.3) is 0 Å². The van der Waals surface area contributed by atoms with Crippen molar-refractivity contribution in [3.8, 4) is 0 Å². The quantitative estimate of drug-likeness (QED) is 0.852. The average Bonchev–Trinajstić information content (AvgIpc) is 3.17. The number of ether oxygens (including phenoxy) is 1. The first-order valence-electron chi connectivity index (χ1n) is 8.56. The predicted molar refractivity (Wildman–Crippen MR) is 90.8 cm³/mol. The first-order valence-corrected chi connectivity index (χ1v) is 8.56. The van der Waals surface area contributed by atoms with Crippen molar-refractivity contribution in [3.63, 3.8) is 0 Å². The predicted octanol–water partition coefficient (Wildman–Crippen LogP) is 2.89. The molecule has 1 aromatic carbocycles. The number of aromatic nitrogens is 1. The molecule has 6 nitrogen and oxygen atoms in total. The second kappa shape index (κ2) is 7.21. The molecule has 0 radical (unpaired) electrons. The molecule has 0 saturated carbocycles. The van der Waals surface area contributed by atoms with Gasteiger partial charge in [0, 0.05) is 13.0 Å². The number of aromatic amines is 1. The molecule has 0 aliphatic carbocycles. The van der Waals surface area contributed by atoms with Gasteiger partial charge in [-0.2, -0.15) is 0 Å². The summed E-state index contributed by atoms with van der Waals surface area (Å²) >= 11 is 0. The highest BCUT2D eigenvalue weighted by molar-refractivity contribution is 5.77. The molecule has 1 aliphatic heterocycles. The smallest absolute Gasteiger partial charge is 0.408 e. The number of carbonyl (C=O) groups is 1. The van der Waals surface area contributed by atoms with Crippen LogP contribution in [-0.2, 0) is 9.53 Å². The third-order valence-electron chi connectivity index (χ3n) is 4.50. The first-order chi connectivity index (χ1) is 11.5. The summed E-state index contributed by atoms with van der Waals surface area (Å²) in [6.45, 7) is 4.92. The monoisotopic (exact) mass is 332 g/mol. The van der Waals surface area contributed by atoms with E-state index in [0.29, 0.717) is 17.5 Å². The molecule has 2 N–H and O–H groups in total. The second-order valence-electron chi connectivity index (χ2n) is 6.73. The Morgan fingerprint density at radius 2 is 2.25 bits per heavy atom. The lowest BCUT2D eigenvalue weighted by Gasteiger charge is -2.23. The van der Waals surface area contributed by atoms with E-state index in [-0.39, 0.29) is 24.0 Å². The minimum absolute atomic E-state index is 0.0276. The molecular weight excluding hydrogens is 308 g/mol. The fourth-order valence-corrected chi connectivity index (χ4v) is 3.20. The molecule has 2 atom stereocenters. The molecule has 2 aromatic rings. The molecular formula is C18H24N2O4. The van der Waals surface area contributed by atoms with E-state index in [2.05, 4.69) is 24.1 Å². The highest BCUT2D eigenvalue weighted by atomic mass is 16.5. The van der Waals surface area contributed by atoms with E-state index in [1.54, 1.807) is 0 Å². The lowest BCUT2D eigenvalue weighted by atomic mass is 9.95. The van der Waals surface area contributed by atoms with Crippen LogP contribution in [0.1, 0.15) is 51.1 Å². The van der Waals surface area contributed by atoms with E-state index in [4.69, 9.17) is 9.15 Å². The molecule has 6 heteroatoms. The summed E-state index contributed by atoms with van der Waals surface area (Å²) in [4.78, 5) is 26.2. The van der Waals surface area contributed by atoms with Gasteiger partial charge in [0.2, 0.25) is 5.91 Å². The van der Waals surface area contributed by atoms with Crippen LogP contribution in [0, 0.1) is 5.92 Å². The summed E-state index contributed by atoms with van der Waals surface area (Å²) in [5, 5.41) is 3.10. The summed E-state index contributed by atoms with van der Waals surface area (Å²) < 4.78 is 10.7. The number of H-pyrrole nitrogens is 1. The molecule has 130 valence electrons. The zero-order valence-corrected chi connectivity index (χ0v) is 14.1. The molecule has 2 heterocycles. The van der Waals surface area contributed by atoms with E-state index < -0.39 is 5.76 Å². The van der Waals surface area contributed by atoms with E-state index in [1.807, 2.05) is 18.2 Å². The van der Waals surface area contributed by atoms with Gasteiger partial charge in [-0.15, -0.1) is 0 Å². The van der Waals surface area contributed by atoms with Crippen molar-refractivity contribution in [2.24, 2.45) is 5.92 Å². The van der Waals surface area contributed by atoms with Crippen molar-refractivity contribution in [2.45, 2.75) is 51.7 Å². The number of oxazole rings is 1. The van der Waals surface area contributed by atoms with Crippen LogP contribution >= 0.6 is 0 Å². The third-order valence-corrected chi connectivity index (χ3v) is 4.50. The van der Waals surface area contributed by atoms with Crippen molar-refractivity contribution < 1.29 is 13.9 Å². The number of nitrogens with one attached hydrogen (secondary N) is 2. The second-order valence-corrected chi connectivity index (χ2v) is 6.73. The zero-order valence-electron chi connectivity index (χ0n) is 14.1. The lowest BCUT2D eigenvalue weighted by molar-refractivity contribution is -0.122. The molecule has 1 amide bonds. The summed E-state index contributed by atoms with van der Waals surface area (Å²) in [6, 6.07) is 5.42. The summed E-state index contributed by atoms with van der Waals surface area (Å²) in [6.07, 6.45) is 3.59. The lowest BCUT2D eigenvalue weighted by Crippen LogP contribution is -2.32. The number of rotatable bonds is 6. The number of hydrogen-bond donors (Lipinski definition) is 2. The molecule has 1 aromatic heterocycles. The van der Waals surface area contributed by atoms with Crippen molar-refractivity contribution in [3.05, 3.63) is 34.3 Å². The average molecular weight is 332 g/mol. The fourth-order valence-electron chi connectivity index (χ4n) is 3.20. The number of amides is 1. The number of carbonyl (C=O) groups excluding carboxylic acids is 1. The SMILES string of the molecule is CC(C)[C@H](NC(=O)CC[C@@H]1CCCO1)c1ccc2[nH]c(=O)oc2c1. The summed E-state index contributed by atoms with van der Waals surface area (Å²) in [7, 11) is 0. The van der Waals surface area contributed by atoms with Gasteiger partial charge in [0.15, 0.2) is 5.58 Å². The Kier molecular flexibility index (Phi) is 5.04. The molecule has 0 unspecified atom stereocenters. The molecule has 24 heavy (non-hydrogen) atoms. The highest BCUT2D eigenvalue weighted by Crippen LogP contribution is 2.25. The van der Waals surface area contributed by atoms with Gasteiger partial charge in [-0.1, -0.05) is 19.9 Å². The van der Waals surface area contributed by atoms with Gasteiger partial charge < -0.3 is 14.5 Å². The molecule has 1 aliphatic rings. The topological polar surface area (TPSA) is 84.3 Å². The minimum atomic E-state index is -0.469. The van der Waals surface area contributed by atoms with Crippen LogP contribution in [0.2, 0.25) is 0 Å². The Hall–Kier alpha value is -2.08. The van der Waals surface area contributed by atoms with Crippen LogP contribution in [0.4, 0.5) is 0 Å². The van der Waals surface area contributed by atoms with E-state index in [0.717, 1.165) is 31.4 Å². The summed E-state index contributed by atoms with van der Waals surface area (Å²) in [5.74, 6) is -0.219. The van der Waals surface area contributed by atoms with Crippen molar-refractivity contribution in [2.75, 3.05) is 6.61 Å². The van der Waals surface area contributed by atoms with Gasteiger partial charge in [-0.25, -0.2) is 4.79 Å². The van der Waals surface area contributed by atoms with Crippen LogP contribution < -0.4 is 11.1 Å². The molecule has 1 saturated heterocycles. The fraction of sp³-hybridized carbons (Fsp3) is 0.556. The molecule has 0 bridgehead atoms. The Labute approximate surface area is 140 Å². The van der Waals surface area contributed by atoms with Gasteiger partial charge in [0.05, 0.1) is 17.7 Å². The molecule has 0 spiro atoms. The Morgan fingerprint density at radius 3 is 2.96 bits per heavy atom. The minimum Gasteiger partial charge on any atom is -0.408 e. The Bertz CT molecular complexity index is 756. The zero-order chi connectivity index (χ0) is 17.1. The normalized spacial score (nSPS) is 19.0. The first kappa shape index (κ1) is 16.8. The van der Waals surface area contributed by atoms with Crippen LogP contribution in [0.3, 0.4) is 0 Å². The number of benzene rings is 1. The maximum absolute atomic E-state index is 12.3. The largest absolute Gasteiger partial charge is 0.417 e. The standard InChI is InChI=1S/C18H24N2O4/c1-11(2)17(20-16(21)8-6-13-4-3-9-23-13)12-5-7-14-15(10-12)24-18(22)19-14/h5,7,10-11,13,17H,3-4,6,8-9H2,1-2H3,(H,19,22)(H,20,21)/t13-,17-/m0/s1. The van der Waals surface area contributed by atoms with Gasteiger partial charge in [-0.3, -0.25) is 9.78 Å². The van der Waals surface area contributed by atoms with E-state index in [9.17, 15) is 9.59 Å². The molecule has 1 fully saturated rings. The Morgan fingerprint density at radius 1 is 1.42 bits per heavy atom. The van der Waals surface area contributed by atoms with Crippen molar-refractivity contribution >= 4 is 17.0 Å². The van der Waals surface area contributed by atoms with Crippen molar-refractivity contribution in [1.82, 2.24) is 10.3 Å². The van der Waals surface area contributed by atoms with Crippen molar-refractivity contribution in [1.29, 1.82) is 0 Å². The third kappa shape index (κ3) is 3.87. The Balaban J connectivity index is 1.68. The van der Waals surface area contributed by atoms with Crippen LogP contribution in [0.5, 0.6) is 0 Å². The maximum Gasteiger partial charge on any atom is 0.417 e. The molecule has 3 rings (SSSR count). The highest BCUT2D eigenvalue weighted by Gasteiger charge is 2.21. The number of hydrogen-bond acceptors (Lipinski definition) is 4.